The van der Waals surface area contributed by atoms with E-state index < -0.39 is 11.7 Å². The predicted molar refractivity (Wildman–Crippen MR) is 114 cm³/mol. The van der Waals surface area contributed by atoms with Crippen LogP contribution in [-0.2, 0) is 16.0 Å². The number of hydrogen-bond donors (Lipinski definition) is 3. The Balaban J connectivity index is 1.66. The summed E-state index contributed by atoms with van der Waals surface area (Å²) in [5.74, 6) is -1.91. The van der Waals surface area contributed by atoms with Gasteiger partial charge >= 0.3 is 5.91 Å². The van der Waals surface area contributed by atoms with Gasteiger partial charge in [-0.2, -0.15) is 5.10 Å². The highest BCUT2D eigenvalue weighted by atomic mass is 79.9. The molecule has 0 saturated heterocycles. The Morgan fingerprint density at radius 1 is 1.00 bits per heavy atom. The first-order valence-corrected chi connectivity index (χ1v) is 9.69. The van der Waals surface area contributed by atoms with Crippen LogP contribution < -0.4 is 5.43 Å². The van der Waals surface area contributed by atoms with Crippen LogP contribution in [-0.4, -0.2) is 28.1 Å². The number of hydrogen-bond acceptors (Lipinski definition) is 5. The van der Waals surface area contributed by atoms with E-state index in [0.29, 0.717) is 4.47 Å². The number of phenols is 2. The molecule has 0 saturated carbocycles. The molecule has 0 aliphatic heterocycles. The van der Waals surface area contributed by atoms with Crippen molar-refractivity contribution in [2.24, 2.45) is 5.10 Å². The minimum atomic E-state index is -0.860. The number of fused-ring (bicyclic) bond motifs is 1. The molecule has 8 heteroatoms. The highest BCUT2D eigenvalue weighted by Crippen LogP contribution is 2.40. The number of carbonyl (C=O) groups is 2. The van der Waals surface area contributed by atoms with E-state index >= 15 is 0 Å². The maximum absolute atomic E-state index is 12.1. The molecule has 0 atom stereocenters. The molecule has 28 heavy (non-hydrogen) atoms. The van der Waals surface area contributed by atoms with Crippen molar-refractivity contribution in [3.8, 4) is 11.5 Å². The molecule has 6 nitrogen and oxygen atoms in total. The summed E-state index contributed by atoms with van der Waals surface area (Å²) >= 11 is 6.18. The van der Waals surface area contributed by atoms with Crippen LogP contribution in [0.5, 0.6) is 11.5 Å². The van der Waals surface area contributed by atoms with E-state index in [-0.39, 0.29) is 28.0 Å². The van der Waals surface area contributed by atoms with Crippen LogP contribution in [0, 0.1) is 0 Å². The minimum absolute atomic E-state index is 0.0479. The molecule has 142 valence electrons. The van der Waals surface area contributed by atoms with Crippen LogP contribution in [0.2, 0.25) is 0 Å². The SMILES string of the molecule is O=C(Cc1ccc2ccccc2c1)C(=O)N/N=C/c1cc(Br)c(O)c(Br)c1O. The van der Waals surface area contributed by atoms with Gasteiger partial charge in [-0.1, -0.05) is 42.5 Å². The summed E-state index contributed by atoms with van der Waals surface area (Å²) in [6, 6.07) is 14.7. The zero-order chi connectivity index (χ0) is 20.3. The summed E-state index contributed by atoms with van der Waals surface area (Å²) in [5.41, 5.74) is 3.11. The normalized spacial score (nSPS) is 11.1. The van der Waals surface area contributed by atoms with Gasteiger partial charge in [0.05, 0.1) is 10.7 Å². The standard InChI is InChI=1S/C20H14Br2N2O4/c21-15-9-14(18(26)17(22)19(15)27)10-23-24-20(28)16(25)8-11-5-6-12-3-1-2-4-13(12)7-11/h1-7,9-10,26-27H,8H2,(H,24,28)/b23-10+. The van der Waals surface area contributed by atoms with Crippen LogP contribution in [0.15, 0.2) is 62.6 Å². The van der Waals surface area contributed by atoms with Gasteiger partial charge in [-0.05, 0) is 54.3 Å². The van der Waals surface area contributed by atoms with Crippen molar-refractivity contribution in [3.63, 3.8) is 0 Å². The van der Waals surface area contributed by atoms with Crippen molar-refractivity contribution in [2.75, 3.05) is 0 Å². The van der Waals surface area contributed by atoms with Crippen molar-refractivity contribution in [1.82, 2.24) is 5.43 Å². The molecule has 0 fully saturated rings. The average molecular weight is 506 g/mol. The monoisotopic (exact) mass is 504 g/mol. The molecule has 1 amide bonds. The second kappa shape index (κ2) is 8.53. The van der Waals surface area contributed by atoms with Crippen LogP contribution in [0.4, 0.5) is 0 Å². The quantitative estimate of drug-likeness (QED) is 0.277. The van der Waals surface area contributed by atoms with Crippen molar-refractivity contribution in [2.45, 2.75) is 6.42 Å². The lowest BCUT2D eigenvalue weighted by Gasteiger charge is -2.06. The second-order valence-corrected chi connectivity index (χ2v) is 7.59. The number of carbonyl (C=O) groups excluding carboxylic acids is 2. The van der Waals surface area contributed by atoms with E-state index in [2.05, 4.69) is 42.4 Å². The number of amides is 1. The third-order valence-electron chi connectivity index (χ3n) is 4.00. The predicted octanol–water partition coefficient (Wildman–Crippen LogP) is 4.04. The maximum Gasteiger partial charge on any atom is 0.307 e. The first kappa shape index (κ1) is 20.0. The molecule has 0 unspecified atom stereocenters. The number of rotatable bonds is 5. The highest BCUT2D eigenvalue weighted by molar-refractivity contribution is 9.11. The lowest BCUT2D eigenvalue weighted by Crippen LogP contribution is -2.28. The Morgan fingerprint density at radius 3 is 2.46 bits per heavy atom. The molecule has 0 radical (unpaired) electrons. The Labute approximate surface area is 177 Å². The zero-order valence-electron chi connectivity index (χ0n) is 14.3. The molecular formula is C20H14Br2N2O4. The number of hydrazone groups is 1. The number of aromatic hydroxyl groups is 2. The Kier molecular flexibility index (Phi) is 6.11. The van der Waals surface area contributed by atoms with Gasteiger partial charge in [0.15, 0.2) is 0 Å². The summed E-state index contributed by atoms with van der Waals surface area (Å²) in [7, 11) is 0. The van der Waals surface area contributed by atoms with Gasteiger partial charge in [-0.15, -0.1) is 0 Å². The van der Waals surface area contributed by atoms with E-state index in [0.717, 1.165) is 16.3 Å². The summed E-state index contributed by atoms with van der Waals surface area (Å²) in [4.78, 5) is 24.1. The van der Waals surface area contributed by atoms with Crippen molar-refractivity contribution in [1.29, 1.82) is 0 Å². The number of ketones is 1. The molecule has 3 N–H and O–H groups in total. The fourth-order valence-electron chi connectivity index (χ4n) is 2.55. The van der Waals surface area contributed by atoms with Crippen LogP contribution in [0.3, 0.4) is 0 Å². The van der Waals surface area contributed by atoms with Crippen molar-refractivity contribution < 1.29 is 19.8 Å². The van der Waals surface area contributed by atoms with Gasteiger partial charge in [-0.25, -0.2) is 5.43 Å². The fraction of sp³-hybridized carbons (Fsp3) is 0.0500. The molecule has 0 aromatic heterocycles. The molecule has 0 aliphatic carbocycles. The summed E-state index contributed by atoms with van der Waals surface area (Å²) in [6.07, 6.45) is 1.12. The smallest absolute Gasteiger partial charge is 0.307 e. The van der Waals surface area contributed by atoms with Crippen molar-refractivity contribution in [3.05, 3.63) is 68.6 Å². The number of phenolic OH excluding ortho intramolecular Hbond substituents is 2. The Bertz CT molecular complexity index is 1110. The topological polar surface area (TPSA) is 99.0 Å². The second-order valence-electron chi connectivity index (χ2n) is 5.94. The van der Waals surface area contributed by atoms with E-state index in [1.54, 1.807) is 6.07 Å². The number of halogens is 2. The van der Waals surface area contributed by atoms with Crippen LogP contribution in [0.25, 0.3) is 10.8 Å². The molecule has 0 aliphatic rings. The van der Waals surface area contributed by atoms with Crippen molar-refractivity contribution >= 4 is 60.5 Å². The van der Waals surface area contributed by atoms with Gasteiger partial charge in [0.1, 0.15) is 16.0 Å². The number of benzene rings is 3. The van der Waals surface area contributed by atoms with E-state index in [9.17, 15) is 19.8 Å². The highest BCUT2D eigenvalue weighted by Gasteiger charge is 2.15. The Morgan fingerprint density at radius 2 is 1.71 bits per heavy atom. The Hall–Kier alpha value is -2.71. The average Bonchev–Trinajstić information content (AvgIpc) is 2.69. The third-order valence-corrected chi connectivity index (χ3v) is 5.35. The molecule has 0 spiro atoms. The molecular weight excluding hydrogens is 492 g/mol. The van der Waals surface area contributed by atoms with E-state index in [1.165, 1.54) is 12.3 Å². The fourth-order valence-corrected chi connectivity index (χ4v) is 3.71. The van der Waals surface area contributed by atoms with Gasteiger partial charge in [-0.3, -0.25) is 9.59 Å². The van der Waals surface area contributed by atoms with E-state index in [4.69, 9.17) is 0 Å². The third kappa shape index (κ3) is 4.40. The summed E-state index contributed by atoms with van der Waals surface area (Å²) < 4.78 is 0.416. The molecule has 3 aromatic rings. The maximum atomic E-state index is 12.1. The number of Topliss-reactive ketones (excluding diaryl/α,β-unsaturated/α-hetero) is 1. The molecule has 0 bridgehead atoms. The number of nitrogens with one attached hydrogen (secondary N) is 1. The summed E-state index contributed by atoms with van der Waals surface area (Å²) in [6.45, 7) is 0. The molecule has 3 aromatic carbocycles. The minimum Gasteiger partial charge on any atom is -0.506 e. The first-order chi connectivity index (χ1) is 13.4. The lowest BCUT2D eigenvalue weighted by molar-refractivity contribution is -0.137. The summed E-state index contributed by atoms with van der Waals surface area (Å²) in [5, 5.41) is 25.4. The largest absolute Gasteiger partial charge is 0.506 e. The van der Waals surface area contributed by atoms with Gasteiger partial charge in [0.25, 0.3) is 0 Å². The van der Waals surface area contributed by atoms with Crippen LogP contribution >= 0.6 is 31.9 Å². The lowest BCUT2D eigenvalue weighted by atomic mass is 10.0. The first-order valence-electron chi connectivity index (χ1n) is 8.10. The van der Waals surface area contributed by atoms with Gasteiger partial charge < -0.3 is 10.2 Å². The van der Waals surface area contributed by atoms with Crippen LogP contribution in [0.1, 0.15) is 11.1 Å². The van der Waals surface area contributed by atoms with Gasteiger partial charge in [0.2, 0.25) is 5.78 Å². The zero-order valence-corrected chi connectivity index (χ0v) is 17.5. The van der Waals surface area contributed by atoms with Gasteiger partial charge in [0, 0.05) is 12.0 Å². The van der Waals surface area contributed by atoms with E-state index in [1.807, 2.05) is 36.4 Å². The number of nitrogens with zero attached hydrogens (tertiary/aromatic N) is 1. The molecule has 0 heterocycles. The molecule has 3 rings (SSSR count).